The molecule has 5 aliphatic rings. The van der Waals surface area contributed by atoms with Crippen LogP contribution in [0.25, 0.3) is 0 Å². The van der Waals surface area contributed by atoms with E-state index in [1.807, 2.05) is 19.9 Å². The molecule has 192 valence electrons. The molecule has 3 saturated carbocycles. The minimum atomic E-state index is -0.805. The van der Waals surface area contributed by atoms with Crippen molar-refractivity contribution in [3.05, 3.63) is 23.6 Å². The summed E-state index contributed by atoms with van der Waals surface area (Å²) in [6, 6.07) is 0. The zero-order chi connectivity index (χ0) is 26.0. The Morgan fingerprint density at radius 3 is 2.20 bits per heavy atom. The molecular weight excluding hydrogens is 439 g/mol. The number of halogens is 1. The van der Waals surface area contributed by atoms with Gasteiger partial charge in [-0.3, -0.25) is 14.4 Å². The fourth-order valence-corrected chi connectivity index (χ4v) is 10.1. The van der Waals surface area contributed by atoms with E-state index in [2.05, 4.69) is 34.6 Å². The molecule has 0 aliphatic heterocycles. The number of hydrogen-bond acceptors (Lipinski definition) is 3. The van der Waals surface area contributed by atoms with Gasteiger partial charge in [0, 0.05) is 22.2 Å². The summed E-state index contributed by atoms with van der Waals surface area (Å²) in [5.74, 6) is -0.884. The molecule has 0 amide bonds. The largest absolute Gasteiger partial charge is 0.299 e. The fraction of sp³-hybridized carbons (Fsp3) is 0.774. The lowest BCUT2D eigenvalue weighted by Crippen LogP contribution is -2.65. The third-order valence-corrected chi connectivity index (χ3v) is 12.4. The van der Waals surface area contributed by atoms with Gasteiger partial charge in [-0.1, -0.05) is 54.0 Å². The summed E-state index contributed by atoms with van der Waals surface area (Å²) < 4.78 is 15.1. The molecule has 35 heavy (non-hydrogen) atoms. The van der Waals surface area contributed by atoms with Crippen LogP contribution in [0.15, 0.2) is 23.6 Å². The Morgan fingerprint density at radius 2 is 1.57 bits per heavy atom. The third kappa shape index (κ3) is 2.92. The first kappa shape index (κ1) is 25.1. The van der Waals surface area contributed by atoms with Gasteiger partial charge in [0.25, 0.3) is 0 Å². The molecule has 0 spiro atoms. The normalized spacial score (nSPS) is 48.0. The molecule has 0 aromatic heterocycles. The summed E-state index contributed by atoms with van der Waals surface area (Å²) in [6.07, 6.45) is 9.57. The first-order valence-electron chi connectivity index (χ1n) is 13.7. The summed E-state index contributed by atoms with van der Waals surface area (Å²) in [5.41, 5.74) is -1.32. The zero-order valence-electron chi connectivity index (χ0n) is 22.9. The molecule has 0 saturated heterocycles. The molecule has 0 radical (unpaired) electrons. The summed E-state index contributed by atoms with van der Waals surface area (Å²) >= 11 is 0. The monoisotopic (exact) mass is 482 g/mol. The van der Waals surface area contributed by atoms with E-state index in [1.54, 1.807) is 6.92 Å². The van der Waals surface area contributed by atoms with E-state index in [1.165, 1.54) is 6.08 Å². The van der Waals surface area contributed by atoms with E-state index in [4.69, 9.17) is 0 Å². The maximum atomic E-state index is 15.1. The number of Topliss-reactive ketones (excluding diaryl/α,β-unsaturated/α-hetero) is 2. The molecule has 7 atom stereocenters. The molecule has 0 N–H and O–H groups in total. The van der Waals surface area contributed by atoms with Gasteiger partial charge in [0.1, 0.15) is 5.78 Å². The average Bonchev–Trinajstić information content (AvgIpc) is 2.73. The molecule has 4 heteroatoms. The standard InChI is InChI=1S/C31H43FO3/c1-18(33)31-13-11-26(2,3)16-19(31)24-21(34)15-23-28(6)17-20(32)25(35)27(4,5)22(28)9-10-29(23,7)30(24,8)12-14-31/h15,17,19,22,24H,9-14,16H2,1-8H3/t19-,22-,24-,28-,29+,30+,31+/m0/s1. The van der Waals surface area contributed by atoms with Crippen LogP contribution in [-0.4, -0.2) is 17.3 Å². The van der Waals surface area contributed by atoms with Gasteiger partial charge < -0.3 is 0 Å². The van der Waals surface area contributed by atoms with Crippen molar-refractivity contribution in [3.63, 3.8) is 0 Å². The number of hydrogen-bond donors (Lipinski definition) is 0. The molecule has 0 heterocycles. The van der Waals surface area contributed by atoms with Crippen LogP contribution in [0.2, 0.25) is 0 Å². The average molecular weight is 483 g/mol. The predicted octanol–water partition coefficient (Wildman–Crippen LogP) is 7.20. The van der Waals surface area contributed by atoms with E-state index in [0.717, 1.165) is 50.5 Å². The van der Waals surface area contributed by atoms with E-state index in [0.29, 0.717) is 0 Å². The van der Waals surface area contributed by atoms with Crippen LogP contribution in [0.5, 0.6) is 0 Å². The van der Waals surface area contributed by atoms with E-state index < -0.39 is 27.9 Å². The quantitative estimate of drug-likeness (QED) is 0.397. The van der Waals surface area contributed by atoms with Crippen LogP contribution >= 0.6 is 0 Å². The SMILES string of the molecule is CC(=O)[C@]12CCC(C)(C)C[C@H]1[C@H]1C(=O)C=C3[C@@]4(C)C=C(F)C(=O)C(C)(C)[C@@H]4CC[C@@]3(C)[C@]1(C)CC2. The van der Waals surface area contributed by atoms with Gasteiger partial charge in [-0.05, 0) is 92.1 Å². The highest BCUT2D eigenvalue weighted by molar-refractivity contribution is 6.00. The molecule has 0 unspecified atom stereocenters. The first-order valence-corrected chi connectivity index (χ1v) is 13.7. The number of carbonyl (C=O) groups excluding carboxylic acids is 3. The minimum Gasteiger partial charge on any atom is -0.299 e. The molecule has 5 aliphatic carbocycles. The van der Waals surface area contributed by atoms with Crippen LogP contribution in [-0.2, 0) is 14.4 Å². The lowest BCUT2D eigenvalue weighted by atomic mass is 9.34. The second-order valence-electron chi connectivity index (χ2n) is 14.8. The molecular formula is C31H43FO3. The van der Waals surface area contributed by atoms with Crippen molar-refractivity contribution in [2.45, 2.75) is 100 Å². The first-order chi connectivity index (χ1) is 16.0. The minimum absolute atomic E-state index is 0.0391. The molecule has 3 nitrogen and oxygen atoms in total. The molecule has 0 aromatic rings. The van der Waals surface area contributed by atoms with E-state index in [-0.39, 0.29) is 45.6 Å². The number of ketones is 3. The number of carbonyl (C=O) groups is 3. The lowest BCUT2D eigenvalue weighted by Gasteiger charge is -2.69. The van der Waals surface area contributed by atoms with Crippen LogP contribution in [0.3, 0.4) is 0 Å². The fourth-order valence-electron chi connectivity index (χ4n) is 10.1. The van der Waals surface area contributed by atoms with Gasteiger partial charge in [0.05, 0.1) is 0 Å². The van der Waals surface area contributed by atoms with Gasteiger partial charge >= 0.3 is 0 Å². The Hall–Kier alpha value is -1.58. The highest BCUT2D eigenvalue weighted by Gasteiger charge is 2.70. The van der Waals surface area contributed by atoms with Crippen molar-refractivity contribution < 1.29 is 18.8 Å². The van der Waals surface area contributed by atoms with Gasteiger partial charge in [-0.25, -0.2) is 4.39 Å². The maximum Gasteiger partial charge on any atom is 0.196 e. The smallest absolute Gasteiger partial charge is 0.196 e. The van der Waals surface area contributed by atoms with Crippen LogP contribution in [0.1, 0.15) is 100 Å². The van der Waals surface area contributed by atoms with Crippen molar-refractivity contribution in [3.8, 4) is 0 Å². The molecule has 3 fully saturated rings. The van der Waals surface area contributed by atoms with Crippen molar-refractivity contribution in [2.24, 2.45) is 50.2 Å². The summed E-state index contributed by atoms with van der Waals surface area (Å²) in [5, 5.41) is 0. The summed E-state index contributed by atoms with van der Waals surface area (Å²) in [4.78, 5) is 40.2. The lowest BCUT2D eigenvalue weighted by molar-refractivity contribution is -0.176. The molecule has 0 bridgehead atoms. The Bertz CT molecular complexity index is 1090. The van der Waals surface area contributed by atoms with Gasteiger partial charge in [-0.15, -0.1) is 0 Å². The number of allylic oxidation sites excluding steroid dienone is 4. The van der Waals surface area contributed by atoms with Crippen molar-refractivity contribution >= 4 is 17.3 Å². The number of rotatable bonds is 1. The molecule has 0 aromatic carbocycles. The molecule has 5 rings (SSSR count). The van der Waals surface area contributed by atoms with E-state index >= 15 is 4.39 Å². The highest BCUT2D eigenvalue weighted by Crippen LogP contribution is 2.74. The summed E-state index contributed by atoms with van der Waals surface area (Å²) in [6.45, 7) is 16.7. The Balaban J connectivity index is 1.70. The van der Waals surface area contributed by atoms with Gasteiger partial charge in [0.2, 0.25) is 0 Å². The Labute approximate surface area is 210 Å². The van der Waals surface area contributed by atoms with Crippen molar-refractivity contribution in [2.75, 3.05) is 0 Å². The summed E-state index contributed by atoms with van der Waals surface area (Å²) in [7, 11) is 0. The van der Waals surface area contributed by atoms with Crippen LogP contribution < -0.4 is 0 Å². The van der Waals surface area contributed by atoms with Crippen LogP contribution in [0.4, 0.5) is 4.39 Å². The topological polar surface area (TPSA) is 51.2 Å². The van der Waals surface area contributed by atoms with Crippen molar-refractivity contribution in [1.29, 1.82) is 0 Å². The van der Waals surface area contributed by atoms with Crippen LogP contribution in [0, 0.1) is 50.2 Å². The second-order valence-corrected chi connectivity index (χ2v) is 14.8. The number of fused-ring (bicyclic) bond motifs is 7. The van der Waals surface area contributed by atoms with Gasteiger partial charge in [-0.2, -0.15) is 0 Å². The zero-order valence-corrected chi connectivity index (χ0v) is 22.9. The highest BCUT2D eigenvalue weighted by atomic mass is 19.1. The Morgan fingerprint density at radius 1 is 0.943 bits per heavy atom. The van der Waals surface area contributed by atoms with E-state index in [9.17, 15) is 14.4 Å². The second kappa shape index (κ2) is 7.04. The maximum absolute atomic E-state index is 15.1. The predicted molar refractivity (Wildman–Crippen MR) is 135 cm³/mol. The van der Waals surface area contributed by atoms with Gasteiger partial charge in [0.15, 0.2) is 17.4 Å². The van der Waals surface area contributed by atoms with Crippen molar-refractivity contribution in [1.82, 2.24) is 0 Å². The third-order valence-electron chi connectivity index (χ3n) is 12.4. The Kier molecular flexibility index (Phi) is 5.05.